The number of Topliss-reactive ketones (excluding diaryl/α,β-unsaturated/α-hetero) is 1. The molecule has 0 unspecified atom stereocenters. The van der Waals surface area contributed by atoms with Crippen molar-refractivity contribution in [3.8, 4) is 0 Å². The molecule has 0 aliphatic carbocycles. The molecule has 41 heavy (non-hydrogen) atoms. The first kappa shape index (κ1) is 32.0. The van der Waals surface area contributed by atoms with Gasteiger partial charge in [-0.2, -0.15) is 0 Å². The smallest absolute Gasteiger partial charge is 0.244 e. The fraction of sp³-hybridized carbons (Fsp3) is 0.323. The Labute approximate surface area is 250 Å². The van der Waals surface area contributed by atoms with Crippen LogP contribution in [0.4, 0.5) is 5.69 Å². The van der Waals surface area contributed by atoms with Crippen molar-refractivity contribution >= 4 is 49.2 Å². The largest absolute Gasteiger partial charge is 0.352 e. The van der Waals surface area contributed by atoms with Crippen LogP contribution in [0.15, 0.2) is 83.3 Å². The molecule has 1 N–H and O–H groups in total. The van der Waals surface area contributed by atoms with Gasteiger partial charge in [0.15, 0.2) is 5.78 Å². The number of nitrogens with zero attached hydrogens (tertiary/aromatic N) is 2. The summed E-state index contributed by atoms with van der Waals surface area (Å²) in [5, 5.41) is 3.01. The van der Waals surface area contributed by atoms with Crippen LogP contribution in [-0.2, 0) is 32.6 Å². The number of hydrogen-bond acceptors (Lipinski definition) is 5. The second kappa shape index (κ2) is 14.4. The number of anilines is 1. The summed E-state index contributed by atoms with van der Waals surface area (Å²) in [4.78, 5) is 41.3. The van der Waals surface area contributed by atoms with E-state index < -0.39 is 28.5 Å². The number of nitrogens with one attached hydrogen (secondary N) is 1. The maximum Gasteiger partial charge on any atom is 0.244 e. The van der Waals surface area contributed by atoms with Crippen LogP contribution in [0.5, 0.6) is 0 Å². The number of ketones is 1. The van der Waals surface area contributed by atoms with Gasteiger partial charge in [0.1, 0.15) is 12.6 Å². The van der Waals surface area contributed by atoms with Crippen LogP contribution in [0.2, 0.25) is 0 Å². The molecule has 0 saturated carbocycles. The fourth-order valence-corrected chi connectivity index (χ4v) is 5.61. The fourth-order valence-electron chi connectivity index (χ4n) is 4.32. The number of carbonyl (C=O) groups excluding carboxylic acids is 3. The SMILES string of the molecule is CC[C@H](C)NC(=O)[C@@H](Cc1ccccc1)N(Cc1cccc(Br)c1)C(=O)CN(c1cccc(C(C)=O)c1)S(C)(=O)=O. The predicted octanol–water partition coefficient (Wildman–Crippen LogP) is 4.97. The molecule has 0 bridgehead atoms. The van der Waals surface area contributed by atoms with Crippen LogP contribution in [0.1, 0.15) is 48.7 Å². The molecule has 0 saturated heterocycles. The maximum atomic E-state index is 14.1. The van der Waals surface area contributed by atoms with Gasteiger partial charge in [-0.3, -0.25) is 18.7 Å². The lowest BCUT2D eigenvalue weighted by atomic mass is 10.0. The highest BCUT2D eigenvalue weighted by molar-refractivity contribution is 9.10. The van der Waals surface area contributed by atoms with Gasteiger partial charge in [0.05, 0.1) is 11.9 Å². The van der Waals surface area contributed by atoms with E-state index in [1.54, 1.807) is 12.1 Å². The lowest BCUT2D eigenvalue weighted by Gasteiger charge is -2.34. The third-order valence-electron chi connectivity index (χ3n) is 6.73. The van der Waals surface area contributed by atoms with Gasteiger partial charge in [0.25, 0.3) is 0 Å². The van der Waals surface area contributed by atoms with E-state index in [0.717, 1.165) is 26.2 Å². The number of halogens is 1. The molecule has 10 heteroatoms. The highest BCUT2D eigenvalue weighted by Gasteiger charge is 2.33. The van der Waals surface area contributed by atoms with Gasteiger partial charge in [-0.05, 0) is 55.7 Å². The van der Waals surface area contributed by atoms with Gasteiger partial charge >= 0.3 is 0 Å². The van der Waals surface area contributed by atoms with Crippen molar-refractivity contribution in [3.05, 3.63) is 100 Å². The molecule has 3 aromatic rings. The molecule has 0 fully saturated rings. The minimum atomic E-state index is -3.93. The number of rotatable bonds is 13. The number of amides is 2. The molecule has 0 spiro atoms. The summed E-state index contributed by atoms with van der Waals surface area (Å²) in [5.41, 5.74) is 2.15. The summed E-state index contributed by atoms with van der Waals surface area (Å²) in [6.45, 7) is 4.77. The van der Waals surface area contributed by atoms with Crippen LogP contribution in [-0.4, -0.2) is 55.8 Å². The van der Waals surface area contributed by atoms with E-state index >= 15 is 0 Å². The second-order valence-corrected chi connectivity index (χ2v) is 12.9. The monoisotopic (exact) mass is 641 g/mol. The predicted molar refractivity (Wildman–Crippen MR) is 165 cm³/mol. The van der Waals surface area contributed by atoms with Crippen molar-refractivity contribution in [1.29, 1.82) is 0 Å². The topological polar surface area (TPSA) is 104 Å². The standard InChI is InChI=1S/C31H36BrN3O5S/c1-5-22(2)33-31(38)29(18-24-11-7-6-8-12-24)34(20-25-13-9-15-27(32)17-25)30(37)21-35(41(4,39)40)28-16-10-14-26(19-28)23(3)36/h6-17,19,22,29H,5,18,20-21H2,1-4H3,(H,33,38)/t22-,29+/m0/s1. The number of benzene rings is 3. The van der Waals surface area contributed by atoms with E-state index in [1.807, 2.05) is 68.4 Å². The Morgan fingerprint density at radius 2 is 1.59 bits per heavy atom. The molecule has 2 atom stereocenters. The number of sulfonamides is 1. The van der Waals surface area contributed by atoms with Crippen molar-refractivity contribution in [2.24, 2.45) is 0 Å². The summed E-state index contributed by atoms with van der Waals surface area (Å²) in [7, 11) is -3.93. The van der Waals surface area contributed by atoms with E-state index in [1.165, 1.54) is 24.0 Å². The van der Waals surface area contributed by atoms with Crippen LogP contribution < -0.4 is 9.62 Å². The first-order valence-corrected chi connectivity index (χ1v) is 16.0. The van der Waals surface area contributed by atoms with Crippen LogP contribution >= 0.6 is 15.9 Å². The third kappa shape index (κ3) is 9.26. The van der Waals surface area contributed by atoms with Crippen molar-refractivity contribution in [2.45, 2.75) is 52.2 Å². The quantitative estimate of drug-likeness (QED) is 0.265. The van der Waals surface area contributed by atoms with Gasteiger partial charge in [0.2, 0.25) is 21.8 Å². The number of hydrogen-bond donors (Lipinski definition) is 1. The van der Waals surface area contributed by atoms with E-state index in [4.69, 9.17) is 0 Å². The Bertz CT molecular complexity index is 1480. The van der Waals surface area contributed by atoms with E-state index in [0.29, 0.717) is 12.0 Å². The highest BCUT2D eigenvalue weighted by Crippen LogP contribution is 2.22. The van der Waals surface area contributed by atoms with E-state index in [9.17, 15) is 22.8 Å². The van der Waals surface area contributed by atoms with E-state index in [-0.39, 0.29) is 36.4 Å². The molecule has 0 aliphatic heterocycles. The average molecular weight is 643 g/mol. The highest BCUT2D eigenvalue weighted by atomic mass is 79.9. The lowest BCUT2D eigenvalue weighted by Crippen LogP contribution is -2.54. The Kier molecular flexibility index (Phi) is 11.3. The van der Waals surface area contributed by atoms with Gasteiger partial charge in [0, 0.05) is 29.0 Å². The van der Waals surface area contributed by atoms with Crippen LogP contribution in [0.25, 0.3) is 0 Å². The molecule has 0 aliphatic rings. The molecule has 0 aromatic heterocycles. The van der Waals surface area contributed by atoms with Crippen molar-refractivity contribution < 1.29 is 22.8 Å². The van der Waals surface area contributed by atoms with Gasteiger partial charge in [-0.15, -0.1) is 0 Å². The van der Waals surface area contributed by atoms with Gasteiger partial charge < -0.3 is 10.2 Å². The summed E-state index contributed by atoms with van der Waals surface area (Å²) in [6, 6.07) is 21.9. The first-order chi connectivity index (χ1) is 19.4. The maximum absolute atomic E-state index is 14.1. The average Bonchev–Trinajstić information content (AvgIpc) is 2.93. The Hall–Kier alpha value is -3.50. The normalized spacial score (nSPS) is 12.7. The second-order valence-electron chi connectivity index (χ2n) is 10.1. The molecular formula is C31H36BrN3O5S. The molecule has 218 valence electrons. The minimum absolute atomic E-state index is 0.0782. The van der Waals surface area contributed by atoms with Crippen molar-refractivity contribution in [2.75, 3.05) is 17.1 Å². The molecular weight excluding hydrogens is 606 g/mol. The first-order valence-electron chi connectivity index (χ1n) is 13.4. The van der Waals surface area contributed by atoms with Crippen LogP contribution in [0.3, 0.4) is 0 Å². The Balaban J connectivity index is 2.08. The zero-order valence-corrected chi connectivity index (χ0v) is 26.1. The molecule has 0 heterocycles. The molecule has 8 nitrogen and oxygen atoms in total. The molecule has 3 aromatic carbocycles. The minimum Gasteiger partial charge on any atom is -0.352 e. The summed E-state index contributed by atoms with van der Waals surface area (Å²) < 4.78 is 27.7. The summed E-state index contributed by atoms with van der Waals surface area (Å²) >= 11 is 3.47. The molecule has 3 rings (SSSR count). The van der Waals surface area contributed by atoms with Gasteiger partial charge in [-0.25, -0.2) is 8.42 Å². The molecule has 0 radical (unpaired) electrons. The summed E-state index contributed by atoms with van der Waals surface area (Å²) in [6.07, 6.45) is 1.95. The Morgan fingerprint density at radius 1 is 0.927 bits per heavy atom. The van der Waals surface area contributed by atoms with Crippen LogP contribution in [0, 0.1) is 0 Å². The zero-order chi connectivity index (χ0) is 30.2. The van der Waals surface area contributed by atoms with Crippen molar-refractivity contribution in [3.63, 3.8) is 0 Å². The molecule has 2 amide bonds. The third-order valence-corrected chi connectivity index (χ3v) is 8.37. The Morgan fingerprint density at radius 3 is 2.20 bits per heavy atom. The number of carbonyl (C=O) groups is 3. The lowest BCUT2D eigenvalue weighted by molar-refractivity contribution is -0.140. The van der Waals surface area contributed by atoms with Gasteiger partial charge in [-0.1, -0.05) is 77.5 Å². The van der Waals surface area contributed by atoms with Crippen molar-refractivity contribution in [1.82, 2.24) is 10.2 Å². The van der Waals surface area contributed by atoms with E-state index in [2.05, 4.69) is 21.2 Å². The summed E-state index contributed by atoms with van der Waals surface area (Å²) in [5.74, 6) is -1.10. The zero-order valence-electron chi connectivity index (χ0n) is 23.7.